The van der Waals surface area contributed by atoms with Crippen molar-refractivity contribution in [2.24, 2.45) is 11.8 Å². The van der Waals surface area contributed by atoms with E-state index in [0.717, 1.165) is 25.9 Å². The first-order chi connectivity index (χ1) is 23.7. The molecule has 3 aliphatic rings. The maximum Gasteiger partial charge on any atom is 4.00 e. The molecule has 1 fully saturated rings. The van der Waals surface area contributed by atoms with Crippen molar-refractivity contribution < 1.29 is 21.7 Å². The van der Waals surface area contributed by atoms with Crippen molar-refractivity contribution in [3.63, 3.8) is 0 Å². The Morgan fingerprint density at radius 2 is 1.25 bits per heavy atom. The van der Waals surface area contributed by atoms with Crippen molar-refractivity contribution >= 4 is 18.6 Å². The van der Waals surface area contributed by atoms with E-state index in [2.05, 4.69) is 137 Å². The fourth-order valence-electron chi connectivity index (χ4n) is 8.50. The Balaban J connectivity index is 0.00000110. The number of hydrogen-bond acceptors (Lipinski definition) is 1. The molecular weight excluding hydrogens is 680 g/mol. The van der Waals surface area contributed by atoms with E-state index < -0.39 is 8.24 Å². The predicted molar refractivity (Wildman–Crippen MR) is 228 cm³/mol. The summed E-state index contributed by atoms with van der Waals surface area (Å²) in [4.78, 5) is 8.90. The summed E-state index contributed by atoms with van der Waals surface area (Å²) in [7, 11) is -2.63. The van der Waals surface area contributed by atoms with Gasteiger partial charge < -0.3 is 19.8 Å². The molecule has 0 radical (unpaired) electrons. The minimum Gasteiger partial charge on any atom is -0.652 e. The molecule has 4 atom stereocenters. The van der Waals surface area contributed by atoms with Gasteiger partial charge in [0.05, 0.1) is 0 Å². The molecule has 0 N–H and O–H groups in total. The van der Waals surface area contributed by atoms with Crippen LogP contribution in [-0.2, 0) is 47.6 Å². The van der Waals surface area contributed by atoms with Gasteiger partial charge in [0.1, 0.15) is 0 Å². The zero-order chi connectivity index (χ0) is 34.9. The van der Waals surface area contributed by atoms with Gasteiger partial charge in [-0.2, -0.15) is 6.08 Å². The minimum absolute atomic E-state index is 0. The predicted octanol–water partition coefficient (Wildman–Crippen LogP) is 11.6. The van der Waals surface area contributed by atoms with Gasteiger partial charge in [-0.15, -0.1) is 5.54 Å². The smallest absolute Gasteiger partial charge is 0.652 e. The summed E-state index contributed by atoms with van der Waals surface area (Å²) in [5.74, 6) is 1.01. The zero-order valence-electron chi connectivity index (χ0n) is 33.6. The van der Waals surface area contributed by atoms with Crippen molar-refractivity contribution in [1.82, 2.24) is 4.90 Å². The van der Waals surface area contributed by atoms with Gasteiger partial charge in [-0.1, -0.05) is 162 Å². The van der Waals surface area contributed by atoms with Crippen molar-refractivity contribution in [1.29, 1.82) is 0 Å². The van der Waals surface area contributed by atoms with Crippen molar-refractivity contribution in [3.8, 4) is 0 Å². The third kappa shape index (κ3) is 10.8. The molecule has 0 bridgehead atoms. The summed E-state index contributed by atoms with van der Waals surface area (Å²) in [5.41, 5.74) is 6.29. The maximum absolute atomic E-state index is 6.10. The van der Waals surface area contributed by atoms with E-state index in [-0.39, 0.29) is 42.1 Å². The molecule has 3 aromatic rings. The Morgan fingerprint density at radius 3 is 1.65 bits per heavy atom. The van der Waals surface area contributed by atoms with Crippen LogP contribution in [0.25, 0.3) is 4.98 Å². The third-order valence-corrected chi connectivity index (χ3v) is 15.9. The Kier molecular flexibility index (Phi) is 18.8. The van der Waals surface area contributed by atoms with Crippen LogP contribution < -0.4 is 10.4 Å². The maximum atomic E-state index is 6.10. The Morgan fingerprint density at radius 1 is 0.769 bits per heavy atom. The number of hydrogen-bond donors (Lipinski definition) is 0. The summed E-state index contributed by atoms with van der Waals surface area (Å²) < 4.78 is 0. The minimum atomic E-state index is -2.63. The van der Waals surface area contributed by atoms with Crippen LogP contribution in [0.4, 0.5) is 0 Å². The Bertz CT molecular complexity index is 1500. The number of fused-ring (bicyclic) bond motifs is 2. The average molecular weight is 747 g/mol. The molecule has 1 heterocycles. The molecule has 1 aliphatic heterocycles. The fourth-order valence-corrected chi connectivity index (χ4v) is 14.0. The van der Waals surface area contributed by atoms with Crippen LogP contribution in [0.15, 0.2) is 115 Å². The summed E-state index contributed by atoms with van der Waals surface area (Å²) in [5, 5.41) is 2.98. The number of unbranched alkanes of at least 4 members (excludes halogenated alkanes) is 2. The largest absolute Gasteiger partial charge is 4.00 e. The summed E-state index contributed by atoms with van der Waals surface area (Å²) in [6, 6.07) is 29.3. The van der Waals surface area contributed by atoms with Crippen LogP contribution in [0.5, 0.6) is 0 Å². The summed E-state index contributed by atoms with van der Waals surface area (Å²) in [6.07, 6.45) is 23.4. The molecule has 276 valence electrons. The van der Waals surface area contributed by atoms with E-state index in [0.29, 0.717) is 23.4 Å². The van der Waals surface area contributed by atoms with Crippen LogP contribution >= 0.6 is 0 Å². The van der Waals surface area contributed by atoms with Gasteiger partial charge in [-0.3, -0.25) is 11.5 Å². The third-order valence-electron chi connectivity index (χ3n) is 10.7. The number of aryl methyl sites for hydroxylation is 2. The zero-order valence-corrected chi connectivity index (χ0v) is 36.2. The number of allylic oxidation sites excluding steroid dienone is 6. The van der Waals surface area contributed by atoms with Gasteiger partial charge in [0.2, 0.25) is 0 Å². The van der Waals surface area contributed by atoms with E-state index in [9.17, 15) is 0 Å². The molecule has 0 spiro atoms. The monoisotopic (exact) mass is 746 g/mol. The molecule has 3 aromatic carbocycles. The van der Waals surface area contributed by atoms with Crippen LogP contribution in [0.2, 0.25) is 5.54 Å². The van der Waals surface area contributed by atoms with Crippen LogP contribution in [0, 0.1) is 33.3 Å². The first kappa shape index (κ1) is 45.6. The van der Waals surface area contributed by atoms with Crippen molar-refractivity contribution in [2.75, 3.05) is 0 Å². The van der Waals surface area contributed by atoms with Gasteiger partial charge >= 0.3 is 21.7 Å². The van der Waals surface area contributed by atoms with Crippen molar-refractivity contribution in [2.45, 2.75) is 117 Å². The SMILES string of the molecule is CCCCc1ccc([Si]([N-]C(C)(C)C)(c2ccc(CCCC)cc2)C2CC(N3Cc4ccccc4C3)C3C=CC=CC32)cc1.[CH-]=C/C=C/C.[CH3-].[CH3-].[Ti+4]. The van der Waals surface area contributed by atoms with Crippen LogP contribution in [0.3, 0.4) is 0 Å². The van der Waals surface area contributed by atoms with E-state index in [1.807, 2.05) is 13.0 Å². The molecule has 0 amide bonds. The molecule has 2 aliphatic carbocycles. The first-order valence-corrected chi connectivity index (χ1v) is 21.0. The summed E-state index contributed by atoms with van der Waals surface area (Å²) >= 11 is 0. The molecule has 0 saturated heterocycles. The molecule has 6 rings (SSSR count). The number of benzene rings is 3. The molecule has 4 unspecified atom stereocenters. The quantitative estimate of drug-likeness (QED) is 0.102. The average Bonchev–Trinajstić information content (AvgIpc) is 3.72. The number of rotatable bonds is 12. The molecule has 2 nitrogen and oxygen atoms in total. The van der Waals surface area contributed by atoms with Crippen LogP contribution in [-0.4, -0.2) is 24.7 Å². The molecule has 0 aromatic heterocycles. The fraction of sp³-hybridized carbons (Fsp3) is 0.417. The molecular formula is C48H66N2SiTi. The second-order valence-corrected chi connectivity index (χ2v) is 19.0. The van der Waals surface area contributed by atoms with Gasteiger partial charge in [-0.05, 0) is 71.7 Å². The van der Waals surface area contributed by atoms with Crippen LogP contribution in [0.1, 0.15) is 95.9 Å². The second-order valence-electron chi connectivity index (χ2n) is 15.4. The molecule has 1 saturated carbocycles. The Hall–Kier alpha value is -2.53. The van der Waals surface area contributed by atoms with Gasteiger partial charge in [0.25, 0.3) is 0 Å². The van der Waals surface area contributed by atoms with Gasteiger partial charge in [0, 0.05) is 27.4 Å². The second kappa shape index (κ2) is 21.4. The number of nitrogens with zero attached hydrogens (tertiary/aromatic N) is 2. The Labute approximate surface area is 336 Å². The molecule has 4 heteroatoms. The first-order valence-electron chi connectivity index (χ1n) is 19.0. The standard InChI is InChI=1S/C41H53N2Si.C5H7.2CH3.Ti/c1-6-8-14-31-20-24-35(25-21-31)44(42-41(3,4)5,36-26-22-32(23-27-36)15-9-7-2)40-28-39(37-18-12-13-19-38(37)40)43-29-33-16-10-11-17-34(33)30-43;1-3-5-4-2;;;/h10-13,16-27,37-40H,6-9,14-15,28-30H2,1-5H3;1,3-5H,2H3;2*1H3;/q4*-1;+4/b;5-4+;;;. The summed E-state index contributed by atoms with van der Waals surface area (Å²) in [6.45, 7) is 20.6. The van der Waals surface area contributed by atoms with Gasteiger partial charge in [-0.25, -0.2) is 12.2 Å². The van der Waals surface area contributed by atoms with E-state index in [1.165, 1.54) is 70.8 Å². The topological polar surface area (TPSA) is 17.3 Å². The normalized spacial score (nSPS) is 20.5. The van der Waals surface area contributed by atoms with E-state index >= 15 is 0 Å². The van der Waals surface area contributed by atoms with Crippen molar-refractivity contribution in [3.05, 3.63) is 164 Å². The van der Waals surface area contributed by atoms with Gasteiger partial charge in [0.15, 0.2) is 0 Å². The molecule has 52 heavy (non-hydrogen) atoms. The van der Waals surface area contributed by atoms with E-state index in [1.54, 1.807) is 6.08 Å². The van der Waals surface area contributed by atoms with E-state index in [4.69, 9.17) is 11.6 Å².